The van der Waals surface area contributed by atoms with Crippen molar-refractivity contribution >= 4 is 0 Å². The highest BCUT2D eigenvalue weighted by Gasteiger charge is 2.30. The Morgan fingerprint density at radius 3 is 1.79 bits per heavy atom. The zero-order chi connectivity index (χ0) is 23.9. The van der Waals surface area contributed by atoms with Crippen molar-refractivity contribution in [3.8, 4) is 28.6 Å². The van der Waals surface area contributed by atoms with Crippen LogP contribution >= 0.6 is 0 Å². The fourth-order valence-electron chi connectivity index (χ4n) is 5.12. The van der Waals surface area contributed by atoms with Crippen LogP contribution in [0, 0.1) is 44.9 Å². The van der Waals surface area contributed by atoms with Crippen molar-refractivity contribution in [3.05, 3.63) is 93.3 Å². The fourth-order valence-corrected chi connectivity index (χ4v) is 5.12. The summed E-state index contributed by atoms with van der Waals surface area (Å²) in [6.07, 6.45) is 3.94. The van der Waals surface area contributed by atoms with E-state index in [-0.39, 0.29) is 11.8 Å². The van der Waals surface area contributed by atoms with Crippen LogP contribution < -0.4 is 0 Å². The highest BCUT2D eigenvalue weighted by Crippen LogP contribution is 2.41. The molecular formula is C30H31N3. The second-order valence-corrected chi connectivity index (χ2v) is 9.61. The summed E-state index contributed by atoms with van der Waals surface area (Å²) in [6, 6.07) is 15.5. The number of rotatable bonds is 3. The highest BCUT2D eigenvalue weighted by molar-refractivity contribution is 5.79. The monoisotopic (exact) mass is 433 g/mol. The van der Waals surface area contributed by atoms with E-state index in [1.54, 1.807) is 0 Å². The molecule has 0 bridgehead atoms. The van der Waals surface area contributed by atoms with Crippen LogP contribution in [-0.4, -0.2) is 9.97 Å². The third-order valence-electron chi connectivity index (χ3n) is 6.69. The van der Waals surface area contributed by atoms with Crippen LogP contribution in [0.1, 0.15) is 54.6 Å². The van der Waals surface area contributed by atoms with E-state index in [4.69, 9.17) is 9.97 Å². The molecule has 0 saturated heterocycles. The third-order valence-corrected chi connectivity index (χ3v) is 6.69. The number of nitriles is 1. The molecule has 2 aromatic carbocycles. The Morgan fingerprint density at radius 1 is 0.758 bits per heavy atom. The molecule has 3 aromatic rings. The summed E-state index contributed by atoms with van der Waals surface area (Å²) in [5.41, 5.74) is 12.8. The Labute approximate surface area is 197 Å². The predicted octanol–water partition coefficient (Wildman–Crippen LogP) is 7.56. The van der Waals surface area contributed by atoms with Gasteiger partial charge < -0.3 is 0 Å². The smallest absolute Gasteiger partial charge is 0.0991 e. The number of hydrogen-bond acceptors (Lipinski definition) is 3. The average molecular weight is 434 g/mol. The van der Waals surface area contributed by atoms with Gasteiger partial charge in [-0.1, -0.05) is 52.5 Å². The molecule has 0 saturated carbocycles. The Hall–Kier alpha value is -3.51. The molecule has 166 valence electrons. The first-order valence-electron chi connectivity index (χ1n) is 11.5. The molecule has 2 atom stereocenters. The van der Waals surface area contributed by atoms with Gasteiger partial charge in [0.25, 0.3) is 0 Å². The van der Waals surface area contributed by atoms with Gasteiger partial charge in [0.1, 0.15) is 0 Å². The van der Waals surface area contributed by atoms with Crippen molar-refractivity contribution in [2.75, 3.05) is 0 Å². The molecule has 0 fully saturated rings. The molecule has 33 heavy (non-hydrogen) atoms. The molecule has 0 radical (unpaired) electrons. The first-order valence-corrected chi connectivity index (χ1v) is 11.5. The number of allylic oxidation sites excluding steroid dienone is 4. The Morgan fingerprint density at radius 2 is 1.27 bits per heavy atom. The number of hydrogen-bond donors (Lipinski definition) is 0. The van der Waals surface area contributed by atoms with E-state index in [2.05, 4.69) is 90.9 Å². The quantitative estimate of drug-likeness (QED) is 0.428. The average Bonchev–Trinajstić information content (AvgIpc) is 2.75. The van der Waals surface area contributed by atoms with E-state index in [1.165, 1.54) is 22.3 Å². The van der Waals surface area contributed by atoms with E-state index >= 15 is 0 Å². The summed E-state index contributed by atoms with van der Waals surface area (Å²) in [4.78, 5) is 10.3. The molecule has 3 heteroatoms. The van der Waals surface area contributed by atoms with Crippen molar-refractivity contribution in [1.82, 2.24) is 9.97 Å². The van der Waals surface area contributed by atoms with Gasteiger partial charge in [-0.25, -0.2) is 4.98 Å². The minimum Gasteiger partial charge on any atom is -0.252 e. The molecule has 3 nitrogen and oxygen atoms in total. The zero-order valence-corrected chi connectivity index (χ0v) is 20.6. The highest BCUT2D eigenvalue weighted by atomic mass is 14.8. The standard InChI is InChI=1S/C30H31N3/c1-17-8-18(2)11-24(10-17)29-30(25-12-19(3)9-20(4)13-25)33-27(16-32-29)28-21(5)14-26(15-31)22(6)23(28)7/h8-14,16,23,28H,1-7H3. The van der Waals surface area contributed by atoms with E-state index in [9.17, 15) is 5.26 Å². The lowest BCUT2D eigenvalue weighted by molar-refractivity contribution is 0.555. The maximum absolute atomic E-state index is 9.53. The van der Waals surface area contributed by atoms with Gasteiger partial charge in [0.15, 0.2) is 0 Å². The largest absolute Gasteiger partial charge is 0.252 e. The lowest BCUT2D eigenvalue weighted by Gasteiger charge is -2.30. The van der Waals surface area contributed by atoms with Gasteiger partial charge >= 0.3 is 0 Å². The minimum atomic E-state index is 0.104. The van der Waals surface area contributed by atoms with E-state index in [0.717, 1.165) is 44.9 Å². The number of aryl methyl sites for hydroxylation is 4. The van der Waals surface area contributed by atoms with Crippen LogP contribution in [-0.2, 0) is 0 Å². The predicted molar refractivity (Wildman–Crippen MR) is 136 cm³/mol. The van der Waals surface area contributed by atoms with Crippen molar-refractivity contribution < 1.29 is 0 Å². The second-order valence-electron chi connectivity index (χ2n) is 9.61. The number of nitrogens with zero attached hydrogens (tertiary/aromatic N) is 3. The minimum absolute atomic E-state index is 0.104. The normalized spacial score (nSPS) is 18.2. The first-order chi connectivity index (χ1) is 15.7. The summed E-state index contributed by atoms with van der Waals surface area (Å²) in [5, 5.41) is 9.53. The SMILES string of the molecule is CC1=CC(C#N)=C(C)C(C)C1c1cnc(-c2cc(C)cc(C)c2)c(-c2cc(C)cc(C)c2)n1. The van der Waals surface area contributed by atoms with Crippen LogP contribution in [0.15, 0.2) is 65.4 Å². The van der Waals surface area contributed by atoms with Crippen LogP contribution in [0.5, 0.6) is 0 Å². The summed E-state index contributed by atoms with van der Waals surface area (Å²) in [7, 11) is 0. The van der Waals surface area contributed by atoms with Crippen LogP contribution in [0.25, 0.3) is 22.5 Å². The molecule has 0 amide bonds. The summed E-state index contributed by atoms with van der Waals surface area (Å²) >= 11 is 0. The van der Waals surface area contributed by atoms with Crippen molar-refractivity contribution in [2.45, 2.75) is 54.4 Å². The Bertz CT molecular complexity index is 1310. The van der Waals surface area contributed by atoms with E-state index < -0.39 is 0 Å². The van der Waals surface area contributed by atoms with Gasteiger partial charge in [0, 0.05) is 23.2 Å². The maximum atomic E-state index is 9.53. The Kier molecular flexibility index (Phi) is 6.04. The van der Waals surface area contributed by atoms with Gasteiger partial charge in [-0.15, -0.1) is 0 Å². The van der Waals surface area contributed by atoms with Gasteiger partial charge in [-0.3, -0.25) is 4.98 Å². The molecule has 0 spiro atoms. The lowest BCUT2D eigenvalue weighted by Crippen LogP contribution is -2.19. The van der Waals surface area contributed by atoms with Gasteiger partial charge in [0.05, 0.1) is 28.7 Å². The molecule has 4 rings (SSSR count). The molecular weight excluding hydrogens is 402 g/mol. The van der Waals surface area contributed by atoms with Crippen LogP contribution in [0.3, 0.4) is 0 Å². The number of aromatic nitrogens is 2. The lowest BCUT2D eigenvalue weighted by atomic mass is 9.75. The molecule has 2 unspecified atom stereocenters. The maximum Gasteiger partial charge on any atom is 0.0991 e. The van der Waals surface area contributed by atoms with Crippen LogP contribution in [0.4, 0.5) is 0 Å². The van der Waals surface area contributed by atoms with E-state index in [1.807, 2.05) is 12.3 Å². The molecule has 1 aliphatic rings. The molecule has 0 aliphatic heterocycles. The van der Waals surface area contributed by atoms with Crippen molar-refractivity contribution in [2.24, 2.45) is 5.92 Å². The summed E-state index contributed by atoms with van der Waals surface area (Å²) < 4.78 is 0. The van der Waals surface area contributed by atoms with Gasteiger partial charge in [-0.05, 0) is 77.8 Å². The number of benzene rings is 2. The van der Waals surface area contributed by atoms with E-state index in [0.29, 0.717) is 0 Å². The second kappa shape index (κ2) is 8.79. The van der Waals surface area contributed by atoms with Crippen molar-refractivity contribution in [1.29, 1.82) is 5.26 Å². The Balaban J connectivity index is 1.94. The molecule has 1 aliphatic carbocycles. The molecule has 1 heterocycles. The van der Waals surface area contributed by atoms with Gasteiger partial charge in [-0.2, -0.15) is 5.26 Å². The fraction of sp³-hybridized carbons (Fsp3) is 0.300. The first kappa shape index (κ1) is 22.7. The topological polar surface area (TPSA) is 49.6 Å². The molecule has 0 N–H and O–H groups in total. The molecule has 1 aromatic heterocycles. The summed E-state index contributed by atoms with van der Waals surface area (Å²) in [6.45, 7) is 14.8. The third kappa shape index (κ3) is 4.39. The van der Waals surface area contributed by atoms with Gasteiger partial charge in [0.2, 0.25) is 0 Å². The van der Waals surface area contributed by atoms with Crippen molar-refractivity contribution in [3.63, 3.8) is 0 Å². The van der Waals surface area contributed by atoms with Crippen LogP contribution in [0.2, 0.25) is 0 Å². The summed E-state index contributed by atoms with van der Waals surface area (Å²) in [5.74, 6) is 0.297. The zero-order valence-electron chi connectivity index (χ0n) is 20.6.